The lowest BCUT2D eigenvalue weighted by molar-refractivity contribution is 0.623. The summed E-state index contributed by atoms with van der Waals surface area (Å²) in [5.74, 6) is 2.63. The van der Waals surface area contributed by atoms with E-state index in [4.69, 9.17) is 0 Å². The molecule has 0 bridgehead atoms. The Morgan fingerprint density at radius 1 is 1.44 bits per heavy atom. The molecular weight excluding hydrogens is 132 g/mol. The molecule has 0 aromatic rings. The van der Waals surface area contributed by atoms with Gasteiger partial charge in [0.1, 0.15) is 0 Å². The van der Waals surface area contributed by atoms with Gasteiger partial charge in [0.15, 0.2) is 0 Å². The third-order valence-corrected chi connectivity index (χ3v) is 2.82. The zero-order chi connectivity index (χ0) is 7.28. The third kappa shape index (κ3) is 4.64. The molecular formula is C7H16OS. The molecule has 1 heterocycles. The van der Waals surface area contributed by atoms with E-state index in [1.54, 1.807) is 0 Å². The molecule has 0 atom stereocenters. The number of rotatable bonds is 0. The summed E-state index contributed by atoms with van der Waals surface area (Å²) in [5.41, 5.74) is 0. The van der Waals surface area contributed by atoms with Gasteiger partial charge in [0, 0.05) is 22.3 Å². The third-order valence-electron chi connectivity index (χ3n) is 0.941. The molecule has 1 nitrogen and oxygen atoms in total. The van der Waals surface area contributed by atoms with Gasteiger partial charge >= 0.3 is 0 Å². The fraction of sp³-hybridized carbons (Fsp3) is 1.00. The van der Waals surface area contributed by atoms with E-state index in [0.717, 1.165) is 17.4 Å². The Morgan fingerprint density at radius 3 is 1.78 bits per heavy atom. The van der Waals surface area contributed by atoms with Gasteiger partial charge < -0.3 is 0 Å². The van der Waals surface area contributed by atoms with Crippen LogP contribution in [0.2, 0.25) is 0 Å². The van der Waals surface area contributed by atoms with Crippen molar-refractivity contribution in [2.75, 3.05) is 11.5 Å². The summed E-state index contributed by atoms with van der Waals surface area (Å²) in [5, 5.41) is 0. The zero-order valence-corrected chi connectivity index (χ0v) is 7.33. The Balaban J connectivity index is 0.000000187. The highest BCUT2D eigenvalue weighted by molar-refractivity contribution is 7.86. The number of hydrogen-bond acceptors (Lipinski definition) is 1. The minimum atomic E-state index is -0.422. The van der Waals surface area contributed by atoms with Crippen molar-refractivity contribution < 1.29 is 4.21 Å². The lowest BCUT2D eigenvalue weighted by Crippen LogP contribution is -2.27. The van der Waals surface area contributed by atoms with Crippen molar-refractivity contribution in [1.82, 2.24) is 0 Å². The van der Waals surface area contributed by atoms with Gasteiger partial charge in [-0.05, 0) is 5.92 Å². The van der Waals surface area contributed by atoms with Crippen LogP contribution in [0.25, 0.3) is 0 Å². The van der Waals surface area contributed by atoms with Crippen LogP contribution in [-0.4, -0.2) is 15.7 Å². The fourth-order valence-corrected chi connectivity index (χ4v) is 1.76. The molecule has 0 aromatic carbocycles. The average Bonchev–Trinajstić information content (AvgIpc) is 1.65. The van der Waals surface area contributed by atoms with E-state index in [-0.39, 0.29) is 0 Å². The zero-order valence-electron chi connectivity index (χ0n) is 6.52. The topological polar surface area (TPSA) is 17.1 Å². The van der Waals surface area contributed by atoms with Gasteiger partial charge in [-0.25, -0.2) is 0 Å². The maximum Gasteiger partial charge on any atom is 0.0269 e. The van der Waals surface area contributed by atoms with Crippen LogP contribution >= 0.6 is 0 Å². The smallest absolute Gasteiger partial charge is 0.0269 e. The molecule has 0 saturated carbocycles. The molecule has 1 aliphatic rings. The molecule has 9 heavy (non-hydrogen) atoms. The van der Waals surface area contributed by atoms with Crippen molar-refractivity contribution in [3.63, 3.8) is 0 Å². The minimum Gasteiger partial charge on any atom is -0.260 e. The molecule has 1 fully saturated rings. The first kappa shape index (κ1) is 9.15. The highest BCUT2D eigenvalue weighted by Crippen LogP contribution is 2.11. The Bertz CT molecular complexity index is 82.9. The van der Waals surface area contributed by atoms with Gasteiger partial charge in [-0.3, -0.25) is 4.21 Å². The van der Waals surface area contributed by atoms with Crippen LogP contribution in [0, 0.1) is 5.92 Å². The summed E-state index contributed by atoms with van der Waals surface area (Å²) >= 11 is 0. The van der Waals surface area contributed by atoms with Crippen molar-refractivity contribution in [3.05, 3.63) is 0 Å². The van der Waals surface area contributed by atoms with Gasteiger partial charge in [0.25, 0.3) is 0 Å². The maximum absolute atomic E-state index is 10.2. The van der Waals surface area contributed by atoms with E-state index in [1.165, 1.54) is 6.42 Å². The maximum atomic E-state index is 10.2. The molecule has 2 heteroatoms. The van der Waals surface area contributed by atoms with E-state index < -0.39 is 10.8 Å². The summed E-state index contributed by atoms with van der Waals surface area (Å²) in [6, 6.07) is 0. The SMILES string of the molecule is CC1CS(=O)C1.CCC. The van der Waals surface area contributed by atoms with Crippen LogP contribution in [-0.2, 0) is 10.8 Å². The van der Waals surface area contributed by atoms with Gasteiger partial charge in [-0.2, -0.15) is 0 Å². The molecule has 0 N–H and O–H groups in total. The summed E-state index contributed by atoms with van der Waals surface area (Å²) in [7, 11) is -0.422. The first-order valence-corrected chi connectivity index (χ1v) is 5.04. The molecule has 1 saturated heterocycles. The van der Waals surface area contributed by atoms with Crippen LogP contribution in [0.4, 0.5) is 0 Å². The molecule has 1 aliphatic heterocycles. The van der Waals surface area contributed by atoms with Gasteiger partial charge in [0.2, 0.25) is 0 Å². The monoisotopic (exact) mass is 148 g/mol. The van der Waals surface area contributed by atoms with Gasteiger partial charge in [-0.15, -0.1) is 0 Å². The van der Waals surface area contributed by atoms with Crippen LogP contribution in [0.15, 0.2) is 0 Å². The Labute approximate surface area is 60.3 Å². The van der Waals surface area contributed by atoms with E-state index in [0.29, 0.717) is 0 Å². The van der Waals surface area contributed by atoms with Gasteiger partial charge in [-0.1, -0.05) is 27.2 Å². The fourth-order valence-electron chi connectivity index (χ4n) is 0.586. The normalized spacial score (nSPS) is 31.9. The Hall–Kier alpha value is 0.150. The van der Waals surface area contributed by atoms with Gasteiger partial charge in [0.05, 0.1) is 0 Å². The van der Waals surface area contributed by atoms with Crippen LogP contribution in [0.1, 0.15) is 27.2 Å². The molecule has 0 radical (unpaired) electrons. The quantitative estimate of drug-likeness (QED) is 0.512. The summed E-state index contributed by atoms with van der Waals surface area (Å²) < 4.78 is 10.2. The van der Waals surface area contributed by atoms with E-state index >= 15 is 0 Å². The summed E-state index contributed by atoms with van der Waals surface area (Å²) in [6.45, 7) is 6.38. The average molecular weight is 148 g/mol. The summed E-state index contributed by atoms with van der Waals surface area (Å²) in [4.78, 5) is 0. The van der Waals surface area contributed by atoms with Crippen LogP contribution < -0.4 is 0 Å². The number of hydrogen-bond donors (Lipinski definition) is 0. The predicted molar refractivity (Wildman–Crippen MR) is 43.0 cm³/mol. The van der Waals surface area contributed by atoms with Crippen molar-refractivity contribution in [1.29, 1.82) is 0 Å². The van der Waals surface area contributed by atoms with Crippen LogP contribution in [0.5, 0.6) is 0 Å². The molecule has 56 valence electrons. The second-order valence-electron chi connectivity index (χ2n) is 2.59. The van der Waals surface area contributed by atoms with E-state index in [2.05, 4.69) is 20.8 Å². The summed E-state index contributed by atoms with van der Waals surface area (Å²) in [6.07, 6.45) is 1.25. The predicted octanol–water partition coefficient (Wildman–Crippen LogP) is 1.80. The highest BCUT2D eigenvalue weighted by atomic mass is 32.2. The lowest BCUT2D eigenvalue weighted by atomic mass is 10.2. The Kier molecular flexibility index (Phi) is 5.06. The second kappa shape index (κ2) is 4.98. The van der Waals surface area contributed by atoms with Crippen molar-refractivity contribution >= 4 is 10.8 Å². The Morgan fingerprint density at radius 2 is 1.78 bits per heavy atom. The van der Waals surface area contributed by atoms with Crippen molar-refractivity contribution in [2.24, 2.45) is 5.92 Å². The van der Waals surface area contributed by atoms with E-state index in [1.807, 2.05) is 0 Å². The molecule has 0 aromatic heterocycles. The lowest BCUT2D eigenvalue weighted by Gasteiger charge is -2.18. The first-order chi connectivity index (χ1) is 4.20. The molecule has 0 aliphatic carbocycles. The largest absolute Gasteiger partial charge is 0.260 e. The molecule has 1 rings (SSSR count). The standard InChI is InChI=1S/C4H8OS.C3H8/c1-4-2-6(5)3-4;1-3-2/h4H,2-3H2,1H3;3H2,1-2H3. The molecule has 0 unspecified atom stereocenters. The highest BCUT2D eigenvalue weighted by Gasteiger charge is 2.19. The first-order valence-electron chi connectivity index (χ1n) is 3.55. The van der Waals surface area contributed by atoms with Crippen molar-refractivity contribution in [3.8, 4) is 0 Å². The minimum absolute atomic E-state index is 0.422. The van der Waals surface area contributed by atoms with Crippen LogP contribution in [0.3, 0.4) is 0 Å². The van der Waals surface area contributed by atoms with Crippen molar-refractivity contribution in [2.45, 2.75) is 27.2 Å². The van der Waals surface area contributed by atoms with E-state index in [9.17, 15) is 4.21 Å². The molecule has 0 amide bonds. The molecule has 0 spiro atoms. The second-order valence-corrected chi connectivity index (χ2v) is 4.13.